The molecule has 0 spiro atoms. The number of nitrogen functional groups attached to an aromatic ring is 1. The van der Waals surface area contributed by atoms with Crippen LogP contribution in [0.25, 0.3) is 11.2 Å². The minimum absolute atomic E-state index is 0.0260. The van der Waals surface area contributed by atoms with E-state index in [-0.39, 0.29) is 79.8 Å². The molecule has 3 rings (SSSR count). The summed E-state index contributed by atoms with van der Waals surface area (Å²) in [6, 6.07) is 6.05. The van der Waals surface area contributed by atoms with Gasteiger partial charge in [-0.15, -0.1) is 0 Å². The van der Waals surface area contributed by atoms with Crippen LogP contribution in [-0.4, -0.2) is 112 Å². The molecule has 0 radical (unpaired) electrons. The van der Waals surface area contributed by atoms with E-state index in [0.717, 1.165) is 115 Å². The van der Waals surface area contributed by atoms with Crippen molar-refractivity contribution in [3.05, 3.63) is 40.3 Å². The van der Waals surface area contributed by atoms with E-state index in [1.54, 1.807) is 24.3 Å². The van der Waals surface area contributed by atoms with Gasteiger partial charge < -0.3 is 52.9 Å². The lowest BCUT2D eigenvalue weighted by Crippen LogP contribution is -2.37. The molecule has 0 saturated carbocycles. The van der Waals surface area contributed by atoms with Crippen molar-refractivity contribution in [3.63, 3.8) is 0 Å². The summed E-state index contributed by atoms with van der Waals surface area (Å²) >= 11 is 1.34. The third-order valence-electron chi connectivity index (χ3n) is 16.7. The molecular formula is C70H123N11O8S. The molecule has 3 atom stereocenters. The van der Waals surface area contributed by atoms with Gasteiger partial charge in [-0.05, 0) is 82.3 Å². The molecule has 1 aromatic carbocycles. The van der Waals surface area contributed by atoms with E-state index in [0.29, 0.717) is 42.3 Å². The maximum atomic E-state index is 14.1. The third kappa shape index (κ3) is 38.1. The zero-order valence-corrected chi connectivity index (χ0v) is 57.0. The largest absolute Gasteiger partial charge is 0.462 e. The van der Waals surface area contributed by atoms with E-state index in [9.17, 15) is 28.8 Å². The maximum Gasteiger partial charge on any atom is 0.328 e. The number of hydrogen-bond donors (Lipinski definition) is 8. The number of nitrogens with zero attached hydrogens (tertiary/aromatic N) is 3. The molecule has 512 valence electrons. The zero-order valence-electron chi connectivity index (χ0n) is 56.2. The van der Waals surface area contributed by atoms with Crippen LogP contribution in [0.1, 0.15) is 277 Å². The Balaban J connectivity index is 1.60. The van der Waals surface area contributed by atoms with Gasteiger partial charge in [0, 0.05) is 61.9 Å². The van der Waals surface area contributed by atoms with Gasteiger partial charge in [0.05, 0.1) is 12.6 Å². The third-order valence-corrected chi connectivity index (χ3v) is 17.9. The van der Waals surface area contributed by atoms with Gasteiger partial charge in [-0.2, -0.15) is 21.7 Å². The molecule has 3 aromatic rings. The summed E-state index contributed by atoms with van der Waals surface area (Å²) in [4.78, 5) is 92.3. The van der Waals surface area contributed by atoms with Crippen molar-refractivity contribution in [3.8, 4) is 0 Å². The van der Waals surface area contributed by atoms with Gasteiger partial charge >= 0.3 is 17.6 Å². The van der Waals surface area contributed by atoms with Crippen LogP contribution in [0.4, 0.5) is 17.5 Å². The van der Waals surface area contributed by atoms with Crippen molar-refractivity contribution < 1.29 is 33.4 Å². The van der Waals surface area contributed by atoms with Crippen LogP contribution in [-0.2, 0) is 40.0 Å². The standard InChI is InChI=1S/C70H123N11O8S/c1-4-7-10-12-14-16-18-20-22-24-26-29-33-38-63(84)88-53-59(89-64(85)39-34-30-27-25-23-21-19-17-15-13-11-8-5-2)54-90-55-60(72)61(82)51-57(42-45-62(83)75-50-37-48-74-47-36-32-28-31-35-46-71)68(86)77-58-43-40-56(41-44-58)52-81-67-65(78-70(81)87)66(73)79-69(80-67)76-49-9-6-3/h40-41,43-44,57,59-60,74H,4-39,42,45-55,71-72H2,1-3H3,(H,75,83)(H,77,86)(H,78,87)(H3,73,76,79,80)/t57-,59?,60+/m1/s1. The predicted molar refractivity (Wildman–Crippen MR) is 372 cm³/mol. The van der Waals surface area contributed by atoms with Crippen LogP contribution in [0, 0.1) is 5.92 Å². The minimum Gasteiger partial charge on any atom is -0.462 e. The number of nitrogens with two attached hydrogens (primary N) is 3. The summed E-state index contributed by atoms with van der Waals surface area (Å²) in [5.74, 6) is -1.61. The number of aromatic amines is 1. The van der Waals surface area contributed by atoms with Crippen LogP contribution < -0.4 is 44.2 Å². The Morgan fingerprint density at radius 2 is 1.14 bits per heavy atom. The normalized spacial score (nSPS) is 12.5. The first-order valence-electron chi connectivity index (χ1n) is 35.7. The number of unbranched alkanes of at least 4 members (excludes halogenated alkanes) is 29. The number of esters is 2. The summed E-state index contributed by atoms with van der Waals surface area (Å²) in [6.07, 6.45) is 39.5. The average Bonchev–Trinajstić information content (AvgIpc) is 1.70. The number of imidazole rings is 1. The lowest BCUT2D eigenvalue weighted by atomic mass is 9.93. The number of rotatable bonds is 60. The van der Waals surface area contributed by atoms with E-state index < -0.39 is 29.7 Å². The molecule has 2 heterocycles. The fourth-order valence-corrected chi connectivity index (χ4v) is 12.0. The first-order chi connectivity index (χ1) is 43.9. The summed E-state index contributed by atoms with van der Waals surface area (Å²) in [5.41, 5.74) is 19.9. The van der Waals surface area contributed by atoms with Gasteiger partial charge in [-0.1, -0.05) is 213 Å². The van der Waals surface area contributed by atoms with Crippen LogP contribution >= 0.6 is 11.8 Å². The number of H-pyrrole nitrogens is 1. The highest BCUT2D eigenvalue weighted by molar-refractivity contribution is 7.99. The Hall–Kier alpha value is -5.05. The quantitative estimate of drug-likeness (QED) is 0.0192. The molecule has 0 aliphatic rings. The second kappa shape index (κ2) is 52.4. The average molecular weight is 1280 g/mol. The molecule has 0 aliphatic heterocycles. The van der Waals surface area contributed by atoms with Crippen molar-refractivity contribution in [1.82, 2.24) is 30.2 Å². The number of aromatic nitrogens is 4. The topological polar surface area (TPSA) is 294 Å². The molecule has 2 amide bonds. The van der Waals surface area contributed by atoms with Gasteiger partial charge in [0.15, 0.2) is 17.2 Å². The fraction of sp³-hybridized carbons (Fsp3) is 0.771. The van der Waals surface area contributed by atoms with E-state index in [4.69, 9.17) is 26.7 Å². The number of benzene rings is 1. The number of ketones is 1. The highest BCUT2D eigenvalue weighted by Gasteiger charge is 2.27. The van der Waals surface area contributed by atoms with Gasteiger partial charge in [0.1, 0.15) is 18.2 Å². The first kappa shape index (κ1) is 79.2. The van der Waals surface area contributed by atoms with E-state index >= 15 is 0 Å². The SMILES string of the molecule is CCCCCCCCCCCCCCCC(=O)OCC(CSC[C@H](N)C(=O)C[C@@H](CCC(=O)NCCCNCCCCCCCN)C(=O)Nc1ccc(Cn2c(=O)[nH]c3c(N)nc(NCCCC)nc32)cc1)OC(=O)CCCCCCCCCCCCCCC. The van der Waals surface area contributed by atoms with Gasteiger partial charge in [0.2, 0.25) is 17.8 Å². The van der Waals surface area contributed by atoms with Crippen LogP contribution in [0.5, 0.6) is 0 Å². The molecule has 11 N–H and O–H groups in total. The van der Waals surface area contributed by atoms with Crippen molar-refractivity contribution in [2.24, 2.45) is 17.4 Å². The van der Waals surface area contributed by atoms with Crippen LogP contribution in [0.3, 0.4) is 0 Å². The summed E-state index contributed by atoms with van der Waals surface area (Å²) < 4.78 is 13.1. The van der Waals surface area contributed by atoms with Crippen molar-refractivity contribution in [2.45, 2.75) is 290 Å². The number of fused-ring (bicyclic) bond motifs is 1. The zero-order chi connectivity index (χ0) is 65.1. The lowest BCUT2D eigenvalue weighted by Gasteiger charge is -2.20. The molecule has 1 unspecified atom stereocenters. The second-order valence-electron chi connectivity index (χ2n) is 25.0. The molecule has 2 aromatic heterocycles. The fourth-order valence-electron chi connectivity index (χ4n) is 11.0. The van der Waals surface area contributed by atoms with E-state index in [1.807, 2.05) is 0 Å². The molecule has 0 aliphatic carbocycles. The number of nitrogens with one attached hydrogen (secondary N) is 5. The summed E-state index contributed by atoms with van der Waals surface area (Å²) in [5, 5.41) is 12.5. The predicted octanol–water partition coefficient (Wildman–Crippen LogP) is 13.7. The molecule has 90 heavy (non-hydrogen) atoms. The number of thioether (sulfide) groups is 1. The highest BCUT2D eigenvalue weighted by atomic mass is 32.2. The van der Waals surface area contributed by atoms with Crippen LogP contribution in [0.15, 0.2) is 29.1 Å². The lowest BCUT2D eigenvalue weighted by molar-refractivity contribution is -0.157. The van der Waals surface area contributed by atoms with Gasteiger partial charge in [0.25, 0.3) is 0 Å². The van der Waals surface area contributed by atoms with E-state index in [1.165, 1.54) is 145 Å². The Morgan fingerprint density at radius 1 is 0.611 bits per heavy atom. The number of anilines is 3. The monoisotopic (exact) mass is 1280 g/mol. The number of Topliss-reactive ketones (excluding diaryl/α,β-unsaturated/α-hetero) is 1. The number of amides is 2. The number of hydrogen-bond acceptors (Lipinski definition) is 16. The van der Waals surface area contributed by atoms with E-state index in [2.05, 4.69) is 57.0 Å². The molecule has 20 heteroatoms. The molecule has 0 saturated heterocycles. The first-order valence-corrected chi connectivity index (χ1v) is 36.8. The Morgan fingerprint density at radius 3 is 1.72 bits per heavy atom. The number of ether oxygens (including phenoxy) is 2. The molecule has 0 fully saturated rings. The highest BCUT2D eigenvalue weighted by Crippen LogP contribution is 2.23. The van der Waals surface area contributed by atoms with Gasteiger partial charge in [-0.25, -0.2) is 4.79 Å². The minimum atomic E-state index is -0.964. The second-order valence-corrected chi connectivity index (χ2v) is 26.0. The smallest absolute Gasteiger partial charge is 0.328 e. The molecule has 19 nitrogen and oxygen atoms in total. The number of carbonyl (C=O) groups is 5. The van der Waals surface area contributed by atoms with Crippen LogP contribution in [0.2, 0.25) is 0 Å². The van der Waals surface area contributed by atoms with Crippen molar-refractivity contribution in [1.29, 1.82) is 0 Å². The van der Waals surface area contributed by atoms with Crippen molar-refractivity contribution >= 4 is 69.9 Å². The number of carbonyl (C=O) groups excluding carboxylic acids is 5. The Kier molecular flexibility index (Phi) is 46.1. The maximum absolute atomic E-state index is 14.1. The van der Waals surface area contributed by atoms with Gasteiger partial charge in [-0.3, -0.25) is 28.5 Å². The Labute approximate surface area is 545 Å². The molecular weight excluding hydrogens is 1150 g/mol. The molecule has 0 bridgehead atoms. The summed E-state index contributed by atoms with van der Waals surface area (Å²) in [7, 11) is 0. The summed E-state index contributed by atoms with van der Waals surface area (Å²) in [6.45, 7) is 10.2. The Bertz CT molecular complexity index is 2420. The van der Waals surface area contributed by atoms with Crippen molar-refractivity contribution in [2.75, 3.05) is 67.2 Å².